The molecule has 0 aliphatic rings. The van der Waals surface area contributed by atoms with E-state index in [-0.39, 0.29) is 11.4 Å². The SMILES string of the molecule is CC(=O)N(CC(=O)Nc1ccc(F)cc1F)c1ccc(F)cc1F. The average Bonchev–Trinajstić information content (AvgIpc) is 2.48. The summed E-state index contributed by atoms with van der Waals surface area (Å²) >= 11 is 0. The molecule has 24 heavy (non-hydrogen) atoms. The summed E-state index contributed by atoms with van der Waals surface area (Å²) in [6.45, 7) is 0.462. The van der Waals surface area contributed by atoms with E-state index in [2.05, 4.69) is 5.32 Å². The fourth-order valence-electron chi connectivity index (χ4n) is 1.99. The van der Waals surface area contributed by atoms with Crippen LogP contribution in [0.2, 0.25) is 0 Å². The van der Waals surface area contributed by atoms with Crippen molar-refractivity contribution in [2.45, 2.75) is 6.92 Å². The van der Waals surface area contributed by atoms with Crippen LogP contribution in [-0.4, -0.2) is 18.4 Å². The second-order valence-corrected chi connectivity index (χ2v) is 4.87. The number of rotatable bonds is 4. The molecule has 0 saturated carbocycles. The maximum absolute atomic E-state index is 13.8. The minimum atomic E-state index is -1.02. The first kappa shape index (κ1) is 17.5. The van der Waals surface area contributed by atoms with Crippen molar-refractivity contribution in [3.8, 4) is 0 Å². The van der Waals surface area contributed by atoms with Gasteiger partial charge in [0.05, 0.1) is 11.4 Å². The van der Waals surface area contributed by atoms with Crippen molar-refractivity contribution in [2.75, 3.05) is 16.8 Å². The standard InChI is InChI=1S/C16H12F4N2O2/c1-9(23)22(15-5-3-11(18)7-13(15)20)8-16(24)21-14-4-2-10(17)6-12(14)19/h2-7H,8H2,1H3,(H,21,24). The van der Waals surface area contributed by atoms with Gasteiger partial charge in [0.15, 0.2) is 0 Å². The highest BCUT2D eigenvalue weighted by Crippen LogP contribution is 2.21. The quantitative estimate of drug-likeness (QED) is 0.869. The van der Waals surface area contributed by atoms with E-state index >= 15 is 0 Å². The molecule has 0 aliphatic heterocycles. The number of anilines is 2. The molecule has 2 amide bonds. The molecule has 2 aromatic carbocycles. The van der Waals surface area contributed by atoms with Crippen LogP contribution >= 0.6 is 0 Å². The molecule has 0 heterocycles. The first-order valence-corrected chi connectivity index (χ1v) is 6.76. The molecule has 8 heteroatoms. The molecule has 4 nitrogen and oxygen atoms in total. The number of hydrogen-bond acceptors (Lipinski definition) is 2. The lowest BCUT2D eigenvalue weighted by molar-refractivity contribution is -0.120. The highest BCUT2D eigenvalue weighted by molar-refractivity contribution is 6.01. The van der Waals surface area contributed by atoms with Crippen molar-refractivity contribution in [2.24, 2.45) is 0 Å². The number of hydrogen-bond donors (Lipinski definition) is 1. The Kier molecular flexibility index (Phi) is 5.18. The number of benzene rings is 2. The molecular weight excluding hydrogens is 328 g/mol. The second-order valence-electron chi connectivity index (χ2n) is 4.87. The zero-order valence-electron chi connectivity index (χ0n) is 12.4. The Morgan fingerprint density at radius 3 is 2.08 bits per heavy atom. The molecule has 0 bridgehead atoms. The lowest BCUT2D eigenvalue weighted by Crippen LogP contribution is -2.37. The number of halogens is 4. The van der Waals surface area contributed by atoms with E-state index in [0.29, 0.717) is 12.1 Å². The van der Waals surface area contributed by atoms with E-state index in [1.165, 1.54) is 0 Å². The Labute approximate surface area is 134 Å². The molecule has 2 aromatic rings. The van der Waals surface area contributed by atoms with Gasteiger partial charge in [-0.15, -0.1) is 0 Å². The lowest BCUT2D eigenvalue weighted by atomic mass is 10.2. The van der Waals surface area contributed by atoms with Gasteiger partial charge >= 0.3 is 0 Å². The third kappa shape index (κ3) is 4.09. The largest absolute Gasteiger partial charge is 0.322 e. The number of carbonyl (C=O) groups is 2. The predicted octanol–water partition coefficient (Wildman–Crippen LogP) is 3.23. The Balaban J connectivity index is 2.18. The number of nitrogens with one attached hydrogen (secondary N) is 1. The Bertz CT molecular complexity index is 796. The molecule has 0 unspecified atom stereocenters. The topological polar surface area (TPSA) is 49.4 Å². The molecule has 0 radical (unpaired) electrons. The Hall–Kier alpha value is -2.90. The molecule has 1 N–H and O–H groups in total. The maximum Gasteiger partial charge on any atom is 0.244 e. The van der Waals surface area contributed by atoms with Crippen molar-refractivity contribution in [1.82, 2.24) is 0 Å². The van der Waals surface area contributed by atoms with Gasteiger partial charge in [0.2, 0.25) is 11.8 Å². The highest BCUT2D eigenvalue weighted by atomic mass is 19.1. The summed E-state index contributed by atoms with van der Waals surface area (Å²) < 4.78 is 53.0. The molecular formula is C16H12F4N2O2. The lowest BCUT2D eigenvalue weighted by Gasteiger charge is -2.21. The number of nitrogens with zero attached hydrogens (tertiary/aromatic N) is 1. The molecule has 126 valence electrons. The van der Waals surface area contributed by atoms with Crippen molar-refractivity contribution >= 4 is 23.2 Å². The van der Waals surface area contributed by atoms with Gasteiger partial charge in [0.1, 0.15) is 29.8 Å². The first-order chi connectivity index (χ1) is 11.3. The van der Waals surface area contributed by atoms with Crippen molar-refractivity contribution in [3.05, 3.63) is 59.7 Å². The van der Waals surface area contributed by atoms with Crippen molar-refractivity contribution in [3.63, 3.8) is 0 Å². The van der Waals surface area contributed by atoms with E-state index in [4.69, 9.17) is 0 Å². The molecule has 0 aromatic heterocycles. The number of amides is 2. The molecule has 0 aliphatic carbocycles. The van der Waals surface area contributed by atoms with Crippen LogP contribution in [0.4, 0.5) is 28.9 Å². The van der Waals surface area contributed by atoms with Crippen LogP contribution in [-0.2, 0) is 9.59 Å². The van der Waals surface area contributed by atoms with Crippen LogP contribution in [0.3, 0.4) is 0 Å². The van der Waals surface area contributed by atoms with Gasteiger partial charge < -0.3 is 10.2 Å². The van der Waals surface area contributed by atoms with Crippen LogP contribution in [0.5, 0.6) is 0 Å². The summed E-state index contributed by atoms with van der Waals surface area (Å²) in [5.41, 5.74) is -0.580. The monoisotopic (exact) mass is 340 g/mol. The summed E-state index contributed by atoms with van der Waals surface area (Å²) in [5.74, 6) is -5.17. The van der Waals surface area contributed by atoms with Gasteiger partial charge in [-0.3, -0.25) is 9.59 Å². The summed E-state index contributed by atoms with van der Waals surface area (Å²) in [5, 5.41) is 2.15. The van der Waals surface area contributed by atoms with Gasteiger partial charge in [-0.05, 0) is 24.3 Å². The minimum absolute atomic E-state index is 0.288. The maximum atomic E-state index is 13.8. The van der Waals surface area contributed by atoms with Crippen LogP contribution < -0.4 is 10.2 Å². The van der Waals surface area contributed by atoms with Crippen molar-refractivity contribution in [1.29, 1.82) is 0 Å². The fourth-order valence-corrected chi connectivity index (χ4v) is 1.99. The second kappa shape index (κ2) is 7.12. The molecule has 0 atom stereocenters. The smallest absolute Gasteiger partial charge is 0.244 e. The van der Waals surface area contributed by atoms with E-state index in [9.17, 15) is 27.2 Å². The average molecular weight is 340 g/mol. The normalized spacial score (nSPS) is 10.4. The van der Waals surface area contributed by atoms with E-state index in [1.807, 2.05) is 0 Å². The van der Waals surface area contributed by atoms with Crippen LogP contribution in [0.15, 0.2) is 36.4 Å². The van der Waals surface area contributed by atoms with Gasteiger partial charge in [-0.25, -0.2) is 17.6 Å². The molecule has 2 rings (SSSR count). The zero-order chi connectivity index (χ0) is 17.9. The summed E-state index contributed by atoms with van der Waals surface area (Å²) in [6.07, 6.45) is 0. The van der Waals surface area contributed by atoms with E-state index < -0.39 is 41.6 Å². The zero-order valence-corrected chi connectivity index (χ0v) is 12.4. The van der Waals surface area contributed by atoms with Gasteiger partial charge in [0, 0.05) is 19.1 Å². The van der Waals surface area contributed by atoms with Crippen molar-refractivity contribution < 1.29 is 27.2 Å². The van der Waals surface area contributed by atoms with Crippen LogP contribution in [0, 0.1) is 23.3 Å². The summed E-state index contributed by atoms with van der Waals surface area (Å²) in [4.78, 5) is 24.4. The fraction of sp³-hybridized carbons (Fsp3) is 0.125. The highest BCUT2D eigenvalue weighted by Gasteiger charge is 2.20. The molecule has 0 saturated heterocycles. The third-order valence-electron chi connectivity index (χ3n) is 3.09. The van der Waals surface area contributed by atoms with Gasteiger partial charge in [-0.1, -0.05) is 0 Å². The number of carbonyl (C=O) groups excluding carboxylic acids is 2. The van der Waals surface area contributed by atoms with Crippen LogP contribution in [0.25, 0.3) is 0 Å². The minimum Gasteiger partial charge on any atom is -0.322 e. The third-order valence-corrected chi connectivity index (χ3v) is 3.09. The molecule has 0 fully saturated rings. The summed E-state index contributed by atoms with van der Waals surface area (Å²) in [6, 6.07) is 5.06. The Morgan fingerprint density at radius 1 is 0.958 bits per heavy atom. The first-order valence-electron chi connectivity index (χ1n) is 6.76. The van der Waals surface area contributed by atoms with Crippen LogP contribution in [0.1, 0.15) is 6.92 Å². The predicted molar refractivity (Wildman–Crippen MR) is 79.4 cm³/mol. The van der Waals surface area contributed by atoms with E-state index in [1.54, 1.807) is 0 Å². The van der Waals surface area contributed by atoms with Gasteiger partial charge in [-0.2, -0.15) is 0 Å². The van der Waals surface area contributed by atoms with E-state index in [0.717, 1.165) is 36.1 Å². The van der Waals surface area contributed by atoms with Gasteiger partial charge in [0.25, 0.3) is 0 Å². The Morgan fingerprint density at radius 2 is 1.54 bits per heavy atom. The summed E-state index contributed by atoms with van der Waals surface area (Å²) in [7, 11) is 0. The molecule has 0 spiro atoms.